The van der Waals surface area contributed by atoms with Crippen molar-refractivity contribution in [3.8, 4) is 0 Å². The minimum absolute atomic E-state index is 0.0481. The van der Waals surface area contributed by atoms with E-state index in [2.05, 4.69) is 15.5 Å². The predicted octanol–water partition coefficient (Wildman–Crippen LogP) is 2.46. The van der Waals surface area contributed by atoms with E-state index in [1.54, 1.807) is 0 Å². The SMILES string of the molecule is CC(C)C(=O)NC(=S)Nc1ccc(N2CCN(C(=O)C(C)C)CC2)cc1. The van der Waals surface area contributed by atoms with Crippen LogP contribution in [0, 0.1) is 11.8 Å². The van der Waals surface area contributed by atoms with Gasteiger partial charge in [0.1, 0.15) is 0 Å². The highest BCUT2D eigenvalue weighted by Crippen LogP contribution is 2.20. The van der Waals surface area contributed by atoms with E-state index in [0.717, 1.165) is 37.6 Å². The summed E-state index contributed by atoms with van der Waals surface area (Å²) in [7, 11) is 0. The number of amides is 2. The molecule has 0 saturated carbocycles. The van der Waals surface area contributed by atoms with Gasteiger partial charge < -0.3 is 20.4 Å². The third kappa shape index (κ3) is 5.42. The zero-order valence-electron chi connectivity index (χ0n) is 15.9. The monoisotopic (exact) mass is 376 g/mol. The van der Waals surface area contributed by atoms with Gasteiger partial charge in [0.2, 0.25) is 11.8 Å². The molecule has 1 aromatic carbocycles. The molecule has 0 spiro atoms. The van der Waals surface area contributed by atoms with Crippen molar-refractivity contribution in [2.75, 3.05) is 36.4 Å². The number of rotatable bonds is 4. The van der Waals surface area contributed by atoms with Gasteiger partial charge in [-0.2, -0.15) is 0 Å². The number of benzene rings is 1. The van der Waals surface area contributed by atoms with Crippen molar-refractivity contribution in [1.29, 1.82) is 0 Å². The van der Waals surface area contributed by atoms with Crippen molar-refractivity contribution < 1.29 is 9.59 Å². The van der Waals surface area contributed by atoms with E-state index >= 15 is 0 Å². The van der Waals surface area contributed by atoms with Gasteiger partial charge in [-0.05, 0) is 36.5 Å². The fraction of sp³-hybridized carbons (Fsp3) is 0.526. The molecule has 0 radical (unpaired) electrons. The Morgan fingerprint density at radius 1 is 0.962 bits per heavy atom. The maximum Gasteiger partial charge on any atom is 0.228 e. The van der Waals surface area contributed by atoms with Crippen molar-refractivity contribution in [2.45, 2.75) is 27.7 Å². The Morgan fingerprint density at radius 3 is 2.04 bits per heavy atom. The maximum absolute atomic E-state index is 12.1. The molecule has 1 fully saturated rings. The molecule has 0 aromatic heterocycles. The molecule has 2 amide bonds. The summed E-state index contributed by atoms with van der Waals surface area (Å²) in [6.45, 7) is 10.7. The number of nitrogens with zero attached hydrogens (tertiary/aromatic N) is 2. The van der Waals surface area contributed by atoms with E-state index in [9.17, 15) is 9.59 Å². The molecule has 26 heavy (non-hydrogen) atoms. The zero-order valence-corrected chi connectivity index (χ0v) is 16.7. The Kier molecular flexibility index (Phi) is 6.97. The average molecular weight is 377 g/mol. The van der Waals surface area contributed by atoms with Crippen LogP contribution < -0.4 is 15.5 Å². The highest BCUT2D eigenvalue weighted by molar-refractivity contribution is 7.80. The molecule has 7 heteroatoms. The highest BCUT2D eigenvalue weighted by Gasteiger charge is 2.22. The molecule has 1 aromatic rings. The summed E-state index contributed by atoms with van der Waals surface area (Å²) in [6.07, 6.45) is 0. The summed E-state index contributed by atoms with van der Waals surface area (Å²) >= 11 is 5.16. The number of carbonyl (C=O) groups is 2. The second-order valence-electron chi connectivity index (χ2n) is 7.11. The summed E-state index contributed by atoms with van der Waals surface area (Å²) in [5.41, 5.74) is 1.95. The molecule has 1 aliphatic heterocycles. The van der Waals surface area contributed by atoms with Crippen molar-refractivity contribution >= 4 is 40.5 Å². The van der Waals surface area contributed by atoms with Gasteiger partial charge in [-0.3, -0.25) is 9.59 Å². The molecule has 1 saturated heterocycles. The van der Waals surface area contributed by atoms with Crippen LogP contribution in [0.4, 0.5) is 11.4 Å². The lowest BCUT2D eigenvalue weighted by Crippen LogP contribution is -2.49. The Bertz CT molecular complexity index is 650. The fourth-order valence-electron chi connectivity index (χ4n) is 2.72. The summed E-state index contributed by atoms with van der Waals surface area (Å²) in [5, 5.41) is 5.99. The number of anilines is 2. The van der Waals surface area contributed by atoms with Crippen LogP contribution in [0.25, 0.3) is 0 Å². The summed E-state index contributed by atoms with van der Waals surface area (Å²) in [4.78, 5) is 27.9. The minimum atomic E-state index is -0.113. The Labute approximate surface area is 160 Å². The lowest BCUT2D eigenvalue weighted by Gasteiger charge is -2.37. The smallest absolute Gasteiger partial charge is 0.228 e. The van der Waals surface area contributed by atoms with E-state index in [4.69, 9.17) is 12.2 Å². The summed E-state index contributed by atoms with van der Waals surface area (Å²) < 4.78 is 0. The number of piperazine rings is 1. The molecule has 1 aliphatic rings. The quantitative estimate of drug-likeness (QED) is 0.791. The van der Waals surface area contributed by atoms with Gasteiger partial charge in [0.05, 0.1) is 0 Å². The molecule has 2 N–H and O–H groups in total. The van der Waals surface area contributed by atoms with Gasteiger partial charge in [-0.1, -0.05) is 27.7 Å². The lowest BCUT2D eigenvalue weighted by atomic mass is 10.1. The largest absolute Gasteiger partial charge is 0.368 e. The lowest BCUT2D eigenvalue weighted by molar-refractivity contribution is -0.134. The van der Waals surface area contributed by atoms with E-state index in [1.807, 2.05) is 56.9 Å². The van der Waals surface area contributed by atoms with Crippen LogP contribution in [0.3, 0.4) is 0 Å². The van der Waals surface area contributed by atoms with E-state index in [0.29, 0.717) is 5.11 Å². The standard InChI is InChI=1S/C19H28N4O2S/c1-13(2)17(24)21-19(26)20-15-5-7-16(8-6-15)22-9-11-23(12-10-22)18(25)14(3)4/h5-8,13-14H,9-12H2,1-4H3,(H2,20,21,24,26). The molecule has 142 valence electrons. The zero-order chi connectivity index (χ0) is 19.3. The average Bonchev–Trinajstić information content (AvgIpc) is 2.61. The first-order valence-electron chi connectivity index (χ1n) is 9.03. The van der Waals surface area contributed by atoms with E-state index in [-0.39, 0.29) is 23.7 Å². The highest BCUT2D eigenvalue weighted by atomic mass is 32.1. The van der Waals surface area contributed by atoms with Gasteiger partial charge in [0, 0.05) is 49.4 Å². The number of thiocarbonyl (C=S) groups is 1. The van der Waals surface area contributed by atoms with Crippen LogP contribution in [0.2, 0.25) is 0 Å². The van der Waals surface area contributed by atoms with Gasteiger partial charge in [-0.15, -0.1) is 0 Å². The van der Waals surface area contributed by atoms with Gasteiger partial charge in [0.25, 0.3) is 0 Å². The Balaban J connectivity index is 1.87. The molecule has 2 rings (SSSR count). The fourth-order valence-corrected chi connectivity index (χ4v) is 2.94. The Morgan fingerprint density at radius 2 is 1.54 bits per heavy atom. The number of hydrogen-bond acceptors (Lipinski definition) is 4. The second kappa shape index (κ2) is 8.98. The molecule has 1 heterocycles. The summed E-state index contributed by atoms with van der Waals surface area (Å²) in [5.74, 6) is 0.0550. The van der Waals surface area contributed by atoms with E-state index in [1.165, 1.54) is 0 Å². The first-order valence-corrected chi connectivity index (χ1v) is 9.44. The van der Waals surface area contributed by atoms with Crippen LogP contribution in [0.1, 0.15) is 27.7 Å². The molecular formula is C19H28N4O2S. The minimum Gasteiger partial charge on any atom is -0.368 e. The second-order valence-corrected chi connectivity index (χ2v) is 7.52. The third-order valence-electron chi connectivity index (χ3n) is 4.34. The van der Waals surface area contributed by atoms with Crippen molar-refractivity contribution in [2.24, 2.45) is 11.8 Å². The molecule has 0 unspecified atom stereocenters. The number of nitrogens with one attached hydrogen (secondary N) is 2. The normalized spacial score (nSPS) is 14.5. The van der Waals surface area contributed by atoms with Crippen molar-refractivity contribution in [3.63, 3.8) is 0 Å². The molecule has 0 aliphatic carbocycles. The Hall–Kier alpha value is -2.15. The van der Waals surface area contributed by atoms with Crippen LogP contribution in [-0.4, -0.2) is 48.0 Å². The first-order chi connectivity index (χ1) is 12.3. The topological polar surface area (TPSA) is 64.7 Å². The number of hydrogen-bond donors (Lipinski definition) is 2. The van der Waals surface area contributed by atoms with Crippen LogP contribution in [0.5, 0.6) is 0 Å². The number of carbonyl (C=O) groups excluding carboxylic acids is 2. The maximum atomic E-state index is 12.1. The third-order valence-corrected chi connectivity index (χ3v) is 4.54. The molecule has 6 nitrogen and oxygen atoms in total. The van der Waals surface area contributed by atoms with Crippen LogP contribution in [-0.2, 0) is 9.59 Å². The van der Waals surface area contributed by atoms with Crippen LogP contribution in [0.15, 0.2) is 24.3 Å². The van der Waals surface area contributed by atoms with Crippen molar-refractivity contribution in [3.05, 3.63) is 24.3 Å². The van der Waals surface area contributed by atoms with E-state index < -0.39 is 0 Å². The first kappa shape index (κ1) is 20.2. The van der Waals surface area contributed by atoms with Crippen LogP contribution >= 0.6 is 12.2 Å². The van der Waals surface area contributed by atoms with Gasteiger partial charge in [-0.25, -0.2) is 0 Å². The van der Waals surface area contributed by atoms with Crippen molar-refractivity contribution in [1.82, 2.24) is 10.2 Å². The van der Waals surface area contributed by atoms with Gasteiger partial charge in [0.15, 0.2) is 5.11 Å². The molecular weight excluding hydrogens is 348 g/mol. The predicted molar refractivity (Wildman–Crippen MR) is 109 cm³/mol. The van der Waals surface area contributed by atoms with Gasteiger partial charge >= 0.3 is 0 Å². The molecule has 0 atom stereocenters. The summed E-state index contributed by atoms with van der Waals surface area (Å²) in [6, 6.07) is 7.92. The molecule has 0 bridgehead atoms.